The van der Waals surface area contributed by atoms with E-state index in [1.165, 1.54) is 36.1 Å². The summed E-state index contributed by atoms with van der Waals surface area (Å²) in [6.07, 6.45) is -0.894. The van der Waals surface area contributed by atoms with Gasteiger partial charge in [-0.25, -0.2) is 4.79 Å². The number of non-ortho nitro benzene ring substituents is 1. The van der Waals surface area contributed by atoms with Crippen LogP contribution >= 0.6 is 0 Å². The molecule has 11 nitrogen and oxygen atoms in total. The van der Waals surface area contributed by atoms with Crippen LogP contribution in [0, 0.1) is 10.1 Å². The lowest BCUT2D eigenvalue weighted by Gasteiger charge is -2.41. The predicted octanol–water partition coefficient (Wildman–Crippen LogP) is 1.28. The quantitative estimate of drug-likeness (QED) is 0.187. The number of para-hydroxylation sites is 1. The van der Waals surface area contributed by atoms with Gasteiger partial charge in [0.05, 0.1) is 4.92 Å². The molecule has 2 saturated heterocycles. The van der Waals surface area contributed by atoms with Crippen molar-refractivity contribution in [3.8, 4) is 5.75 Å². The minimum atomic E-state index is -1.61. The van der Waals surface area contributed by atoms with E-state index in [1.54, 1.807) is 31.2 Å². The molecule has 12 heteroatoms. The molecule has 2 aliphatic rings. The molecule has 35 heavy (non-hydrogen) atoms. The largest absolute Gasteiger partial charge is 0.614 e. The van der Waals surface area contributed by atoms with E-state index in [9.17, 15) is 29.1 Å². The monoisotopic (exact) mass is 501 g/mol. The number of β-lactam (4-membered cyclic amide) rings is 1. The molecular weight excluding hydrogens is 478 g/mol. The molecule has 0 aromatic heterocycles. The summed E-state index contributed by atoms with van der Waals surface area (Å²) in [6, 6.07) is 12.1. The lowest BCUT2D eigenvalue weighted by atomic mass is 10.0. The number of carbonyl (C=O) groups excluding carboxylic acids is 3. The average Bonchev–Trinajstić information content (AvgIpc) is 3.09. The van der Waals surface area contributed by atoms with Crippen molar-refractivity contribution in [2.45, 2.75) is 49.3 Å². The van der Waals surface area contributed by atoms with E-state index in [0.29, 0.717) is 11.3 Å². The second kappa shape index (κ2) is 9.92. The van der Waals surface area contributed by atoms with Gasteiger partial charge in [0.15, 0.2) is 18.2 Å². The topological polar surface area (TPSA) is 151 Å². The molecule has 2 fully saturated rings. The van der Waals surface area contributed by atoms with Gasteiger partial charge in [-0.2, -0.15) is 0 Å². The van der Waals surface area contributed by atoms with E-state index < -0.39 is 62.7 Å². The average molecular weight is 502 g/mol. The molecule has 2 aromatic rings. The highest BCUT2D eigenvalue weighted by atomic mass is 32.2. The zero-order chi connectivity index (χ0) is 25.3. The van der Waals surface area contributed by atoms with Crippen LogP contribution in [0.3, 0.4) is 0 Å². The molecule has 0 bridgehead atoms. The van der Waals surface area contributed by atoms with Crippen LogP contribution in [0.5, 0.6) is 5.75 Å². The molecule has 0 saturated carbocycles. The van der Waals surface area contributed by atoms with Gasteiger partial charge >= 0.3 is 5.97 Å². The summed E-state index contributed by atoms with van der Waals surface area (Å²) < 4.78 is 23.8. The molecular formula is C23H23N3O8S. The van der Waals surface area contributed by atoms with Crippen LogP contribution in [0.2, 0.25) is 0 Å². The summed E-state index contributed by atoms with van der Waals surface area (Å²) in [7, 11) is 0. The van der Waals surface area contributed by atoms with Crippen molar-refractivity contribution in [2.75, 3.05) is 0 Å². The van der Waals surface area contributed by atoms with Crippen LogP contribution in [-0.4, -0.2) is 61.0 Å². The molecule has 0 spiro atoms. The third kappa shape index (κ3) is 4.80. The Labute approximate surface area is 203 Å². The third-order valence-electron chi connectivity index (χ3n) is 5.92. The van der Waals surface area contributed by atoms with Crippen molar-refractivity contribution in [1.29, 1.82) is 0 Å². The first kappa shape index (κ1) is 24.5. The molecule has 2 heterocycles. The number of rotatable bonds is 8. The van der Waals surface area contributed by atoms with Crippen LogP contribution in [0.25, 0.3) is 0 Å². The summed E-state index contributed by atoms with van der Waals surface area (Å²) in [5.41, 5.74) is 0.435. The van der Waals surface area contributed by atoms with E-state index in [4.69, 9.17) is 9.47 Å². The van der Waals surface area contributed by atoms with E-state index >= 15 is 0 Å². The minimum Gasteiger partial charge on any atom is -0.614 e. The number of nitro benzene ring substituents is 1. The molecule has 4 rings (SSSR count). The van der Waals surface area contributed by atoms with Crippen LogP contribution in [0.1, 0.15) is 19.4 Å². The van der Waals surface area contributed by atoms with Gasteiger partial charge in [-0.1, -0.05) is 18.2 Å². The van der Waals surface area contributed by atoms with Crippen molar-refractivity contribution >= 4 is 34.6 Å². The number of ether oxygens (including phenoxy) is 2. The van der Waals surface area contributed by atoms with Crippen LogP contribution in [-0.2, 0) is 36.9 Å². The molecule has 1 N–H and O–H groups in total. The third-order valence-corrected chi connectivity index (χ3v) is 7.89. The van der Waals surface area contributed by atoms with E-state index in [0.717, 1.165) is 0 Å². The number of esters is 1. The smallest absolute Gasteiger partial charge is 0.334 e. The minimum absolute atomic E-state index is 0.0921. The Morgan fingerprint density at radius 1 is 1.17 bits per heavy atom. The molecule has 0 radical (unpaired) electrons. The number of hydrogen-bond donors (Lipinski definition) is 1. The Balaban J connectivity index is 1.36. The summed E-state index contributed by atoms with van der Waals surface area (Å²) in [4.78, 5) is 49.6. The number of carbonyl (C=O) groups is 3. The zero-order valence-electron chi connectivity index (χ0n) is 18.9. The Morgan fingerprint density at radius 2 is 1.83 bits per heavy atom. The summed E-state index contributed by atoms with van der Waals surface area (Å²) in [5, 5.41) is 11.8. The van der Waals surface area contributed by atoms with Crippen LogP contribution in [0.4, 0.5) is 5.69 Å². The van der Waals surface area contributed by atoms with Crippen molar-refractivity contribution in [3.05, 3.63) is 70.3 Å². The molecule has 2 aliphatic heterocycles. The summed E-state index contributed by atoms with van der Waals surface area (Å²) in [6.45, 7) is 2.96. The predicted molar refractivity (Wildman–Crippen MR) is 123 cm³/mol. The maximum absolute atomic E-state index is 12.9. The normalized spacial score (nSPS) is 25.7. The molecule has 184 valence electrons. The van der Waals surface area contributed by atoms with Crippen molar-refractivity contribution in [2.24, 2.45) is 0 Å². The van der Waals surface area contributed by atoms with E-state index in [1.807, 2.05) is 6.07 Å². The summed E-state index contributed by atoms with van der Waals surface area (Å²) >= 11 is -1.61. The second-order valence-electron chi connectivity index (χ2n) is 8.21. The Bertz CT molecular complexity index is 1130. The van der Waals surface area contributed by atoms with Gasteiger partial charge < -0.3 is 19.3 Å². The standard InChI is InChI=1S/C23H23N3O8S/c1-13(34-17-6-4-3-5-7-17)20(27)24-18-21(28)25-19(14(2)35(32)22(18)25)23(29)33-12-15-8-10-16(11-9-15)26(30)31/h3-11,13-14,18-19,22H,12H2,1-2H3,(H,24,27)/t13?,14?,18?,19?,22-,35?/m0/s1. The van der Waals surface area contributed by atoms with E-state index in [-0.39, 0.29) is 12.3 Å². The molecule has 5 unspecified atom stereocenters. The Morgan fingerprint density at radius 3 is 2.46 bits per heavy atom. The lowest BCUT2D eigenvalue weighted by Crippen LogP contribution is -2.72. The van der Waals surface area contributed by atoms with Gasteiger partial charge in [-0.05, 0) is 54.9 Å². The van der Waals surface area contributed by atoms with Gasteiger partial charge in [0, 0.05) is 12.1 Å². The van der Waals surface area contributed by atoms with Crippen LogP contribution < -0.4 is 10.1 Å². The first-order chi connectivity index (χ1) is 16.7. The van der Waals surface area contributed by atoms with E-state index in [2.05, 4.69) is 5.32 Å². The number of benzene rings is 2. The fourth-order valence-electron chi connectivity index (χ4n) is 4.02. The van der Waals surface area contributed by atoms with Crippen LogP contribution in [0.15, 0.2) is 54.6 Å². The lowest BCUT2D eigenvalue weighted by molar-refractivity contribution is -0.384. The van der Waals surface area contributed by atoms with Crippen molar-refractivity contribution in [3.63, 3.8) is 0 Å². The SMILES string of the molecule is CC(Oc1ccccc1)C(=O)NC1C(=O)N2C(C(=O)OCc3ccc([N+](=O)[O-])cc3)C(C)[S+]([O-])[C@@H]12. The maximum Gasteiger partial charge on any atom is 0.334 e. The zero-order valence-corrected chi connectivity index (χ0v) is 19.7. The second-order valence-corrected chi connectivity index (χ2v) is 10.1. The molecule has 0 aliphatic carbocycles. The first-order valence-corrected chi connectivity index (χ1v) is 12.1. The Hall–Kier alpha value is -3.64. The maximum atomic E-state index is 12.9. The van der Waals surface area contributed by atoms with Gasteiger partial charge in [0.2, 0.25) is 5.37 Å². The van der Waals surface area contributed by atoms with Gasteiger partial charge in [-0.15, -0.1) is 0 Å². The first-order valence-electron chi connectivity index (χ1n) is 10.8. The number of fused-ring (bicyclic) bond motifs is 1. The molecule has 6 atom stereocenters. The van der Waals surface area contributed by atoms with Gasteiger partial charge in [0.25, 0.3) is 17.5 Å². The highest BCUT2D eigenvalue weighted by Crippen LogP contribution is 2.40. The number of nitrogens with zero attached hydrogens (tertiary/aromatic N) is 2. The number of nitrogens with one attached hydrogen (secondary N) is 1. The molecule has 2 aromatic carbocycles. The number of hydrogen-bond acceptors (Lipinski definition) is 8. The number of nitro groups is 1. The fraction of sp³-hybridized carbons (Fsp3) is 0.348. The highest BCUT2D eigenvalue weighted by Gasteiger charge is 2.68. The fourth-order valence-corrected chi connectivity index (χ4v) is 5.87. The van der Waals surface area contributed by atoms with Crippen molar-refractivity contribution < 1.29 is 33.3 Å². The van der Waals surface area contributed by atoms with Gasteiger partial charge in [0.1, 0.15) is 17.6 Å². The van der Waals surface area contributed by atoms with Gasteiger partial charge in [-0.3, -0.25) is 24.6 Å². The highest BCUT2D eigenvalue weighted by molar-refractivity contribution is 7.93. The molecule has 2 amide bonds. The van der Waals surface area contributed by atoms with Crippen molar-refractivity contribution in [1.82, 2.24) is 10.2 Å². The number of amides is 2. The Kier molecular flexibility index (Phi) is 6.94. The summed E-state index contributed by atoms with van der Waals surface area (Å²) in [5.74, 6) is -1.30.